The zero-order valence-corrected chi connectivity index (χ0v) is 30.0. The SMILES string of the molecule is CC(=O)O[C@H](C)C1[C@@](C)(O)CC(=O)[C@@]23O[C@@]12C(=O)c1ccc(-c2ccc4c(c2O)[C@@H](O)[C@@]25O[C@]2(C4=O)[C@@H]([C@@H](C)OC(C)=O)[C@@](C)(O)CC5=O)c(O)c1[C@H]3O. The van der Waals surface area contributed by atoms with E-state index in [4.69, 9.17) is 18.9 Å². The van der Waals surface area contributed by atoms with E-state index >= 15 is 0 Å². The molecule has 0 amide bonds. The van der Waals surface area contributed by atoms with Gasteiger partial charge in [0, 0.05) is 60.1 Å². The third kappa shape index (κ3) is 3.92. The van der Waals surface area contributed by atoms with Crippen LogP contribution in [0.1, 0.15) is 98.4 Å². The molecule has 2 saturated heterocycles. The van der Waals surface area contributed by atoms with Crippen LogP contribution in [0.4, 0.5) is 0 Å². The summed E-state index contributed by atoms with van der Waals surface area (Å²) >= 11 is 0. The molecule has 1 unspecified atom stereocenters. The molecule has 2 aromatic rings. The van der Waals surface area contributed by atoms with Gasteiger partial charge in [-0.2, -0.15) is 0 Å². The van der Waals surface area contributed by atoms with Crippen molar-refractivity contribution < 1.29 is 78.4 Å². The molecule has 2 aromatic carbocycles. The summed E-state index contributed by atoms with van der Waals surface area (Å²) in [4.78, 5) is 79.8. The van der Waals surface area contributed by atoms with Gasteiger partial charge < -0.3 is 49.6 Å². The quantitative estimate of drug-likeness (QED) is 0.182. The van der Waals surface area contributed by atoms with Crippen LogP contribution < -0.4 is 0 Å². The van der Waals surface area contributed by atoms with E-state index in [1.165, 1.54) is 52.0 Å². The van der Waals surface area contributed by atoms with Crippen molar-refractivity contribution in [2.75, 3.05) is 0 Å². The molecule has 6 aliphatic rings. The summed E-state index contributed by atoms with van der Waals surface area (Å²) in [5, 5.41) is 70.0. The summed E-state index contributed by atoms with van der Waals surface area (Å²) in [6, 6.07) is 4.85. The monoisotopic (exact) mass is 750 g/mol. The Morgan fingerprint density at radius 1 is 0.648 bits per heavy atom. The molecule has 16 nitrogen and oxygen atoms in total. The number of hydrogen-bond acceptors (Lipinski definition) is 16. The molecule has 0 aromatic heterocycles. The Labute approximate surface area is 306 Å². The lowest BCUT2D eigenvalue weighted by molar-refractivity contribution is -0.164. The first kappa shape index (κ1) is 36.4. The van der Waals surface area contributed by atoms with Crippen LogP contribution in [0.5, 0.6) is 11.5 Å². The number of esters is 2. The number of fused-ring (bicyclic) bond motifs is 2. The van der Waals surface area contributed by atoms with Crippen molar-refractivity contribution in [3.63, 3.8) is 0 Å². The molecule has 0 bridgehead atoms. The van der Waals surface area contributed by atoms with Crippen LogP contribution in [0.15, 0.2) is 24.3 Å². The summed E-state index contributed by atoms with van der Waals surface area (Å²) in [5.41, 5.74) is -14.5. The smallest absolute Gasteiger partial charge is 0.302 e. The van der Waals surface area contributed by atoms with E-state index in [0.29, 0.717) is 0 Å². The number of aliphatic hydroxyl groups excluding tert-OH is 2. The van der Waals surface area contributed by atoms with Gasteiger partial charge in [0.05, 0.1) is 23.0 Å². The van der Waals surface area contributed by atoms with Crippen molar-refractivity contribution >= 4 is 35.1 Å². The Morgan fingerprint density at radius 2 is 0.963 bits per heavy atom. The molecule has 8 rings (SSSR count). The number of rotatable bonds is 5. The Balaban J connectivity index is 1.24. The highest BCUT2D eigenvalue weighted by Gasteiger charge is 2.92. The van der Waals surface area contributed by atoms with Crippen molar-refractivity contribution in [2.24, 2.45) is 11.8 Å². The zero-order chi connectivity index (χ0) is 39.6. The van der Waals surface area contributed by atoms with Crippen LogP contribution in [0.2, 0.25) is 0 Å². The molecular weight excluding hydrogens is 712 g/mol. The van der Waals surface area contributed by atoms with Gasteiger partial charge in [0.25, 0.3) is 0 Å². The number of Topliss-reactive ketones (excluding diaryl/α,β-unsaturated/α-hetero) is 4. The number of benzene rings is 2. The van der Waals surface area contributed by atoms with Gasteiger partial charge in [-0.3, -0.25) is 28.8 Å². The van der Waals surface area contributed by atoms with E-state index in [9.17, 15) is 59.4 Å². The number of ether oxygens (including phenoxy) is 4. The summed E-state index contributed by atoms with van der Waals surface area (Å²) in [5.74, 6) is -9.02. The predicted molar refractivity (Wildman–Crippen MR) is 177 cm³/mol. The Morgan fingerprint density at radius 3 is 1.28 bits per heavy atom. The normalized spacial score (nSPS) is 40.9. The number of aliphatic hydroxyl groups is 4. The lowest BCUT2D eigenvalue weighted by atomic mass is 9.55. The molecule has 54 heavy (non-hydrogen) atoms. The first-order valence-electron chi connectivity index (χ1n) is 17.4. The van der Waals surface area contributed by atoms with E-state index in [1.54, 1.807) is 0 Å². The topological polar surface area (TPSA) is 267 Å². The third-order valence-electron chi connectivity index (χ3n) is 12.6. The average molecular weight is 751 g/mol. The largest absolute Gasteiger partial charge is 0.507 e. The highest BCUT2D eigenvalue weighted by atomic mass is 16.7. The zero-order valence-electron chi connectivity index (χ0n) is 30.0. The Kier molecular flexibility index (Phi) is 7.13. The van der Waals surface area contributed by atoms with E-state index in [2.05, 4.69) is 0 Å². The molecule has 286 valence electrons. The molecule has 0 spiro atoms. The average Bonchev–Trinajstić information content (AvgIpc) is 3.94. The number of carbonyl (C=O) groups is 6. The molecule has 0 radical (unpaired) electrons. The van der Waals surface area contributed by atoms with Crippen molar-refractivity contribution in [3.05, 3.63) is 46.5 Å². The van der Waals surface area contributed by atoms with Crippen LogP contribution in [0.25, 0.3) is 11.1 Å². The van der Waals surface area contributed by atoms with Gasteiger partial charge in [0.2, 0.25) is 0 Å². The molecule has 2 saturated carbocycles. The van der Waals surface area contributed by atoms with E-state index in [1.807, 2.05) is 0 Å². The molecule has 16 heteroatoms. The van der Waals surface area contributed by atoms with Crippen molar-refractivity contribution in [1.82, 2.24) is 0 Å². The second-order valence-electron chi connectivity index (χ2n) is 16.0. The van der Waals surface area contributed by atoms with Crippen LogP contribution in [0.3, 0.4) is 0 Å². The van der Waals surface area contributed by atoms with Gasteiger partial charge >= 0.3 is 11.9 Å². The summed E-state index contributed by atoms with van der Waals surface area (Å²) in [6.07, 6.45) is -7.48. The van der Waals surface area contributed by atoms with Gasteiger partial charge in [0.15, 0.2) is 45.5 Å². The maximum absolute atomic E-state index is 14.3. The molecule has 4 fully saturated rings. The van der Waals surface area contributed by atoms with Gasteiger partial charge in [-0.25, -0.2) is 0 Å². The molecule has 2 aliphatic heterocycles. The fraction of sp³-hybridized carbons (Fsp3) is 0.526. The molecule has 6 N–H and O–H groups in total. The number of carbonyl (C=O) groups excluding carboxylic acids is 6. The maximum Gasteiger partial charge on any atom is 0.302 e. The summed E-state index contributed by atoms with van der Waals surface area (Å²) in [6.45, 7) is 7.69. The van der Waals surface area contributed by atoms with E-state index in [0.717, 1.165) is 13.8 Å². The van der Waals surface area contributed by atoms with Crippen molar-refractivity contribution in [1.29, 1.82) is 0 Å². The van der Waals surface area contributed by atoms with Crippen molar-refractivity contribution in [3.8, 4) is 22.6 Å². The molecular formula is C38H38O16. The van der Waals surface area contributed by atoms with Gasteiger partial charge in [-0.1, -0.05) is 12.1 Å². The van der Waals surface area contributed by atoms with Crippen LogP contribution in [-0.2, 0) is 38.1 Å². The Hall–Kier alpha value is -4.58. The fourth-order valence-corrected chi connectivity index (χ4v) is 10.9. The number of hydrogen-bond donors (Lipinski definition) is 6. The highest BCUT2D eigenvalue weighted by Crippen LogP contribution is 2.73. The fourth-order valence-electron chi connectivity index (χ4n) is 10.9. The first-order valence-corrected chi connectivity index (χ1v) is 17.4. The minimum absolute atomic E-state index is 0.213. The lowest BCUT2D eigenvalue weighted by Crippen LogP contribution is -2.65. The van der Waals surface area contributed by atoms with Gasteiger partial charge in [0.1, 0.15) is 35.9 Å². The number of phenols is 2. The number of aromatic hydroxyl groups is 2. The lowest BCUT2D eigenvalue weighted by Gasteiger charge is -2.46. The molecule has 4 aliphatic carbocycles. The van der Waals surface area contributed by atoms with Crippen molar-refractivity contribution in [2.45, 2.75) is 112 Å². The first-order chi connectivity index (χ1) is 25.0. The highest BCUT2D eigenvalue weighted by molar-refractivity contribution is 6.18. The standard InChI is InChI=1S/C38H38O16/c1-13(51-15(3)39)27-33(5,49)11-21(41)35-31(47)23-19(29(45)37(27,35)53-35)9-7-17(25(23)43)18-8-10-20-24(26(18)44)32(48)36-22(42)12-34(6,50)28(14(2)52-16(4)40)38(36,54-36)30(20)46/h7-10,13-14,27-28,31-32,43-44,47-50H,11-12H2,1-6H3/t13-,14-,27+,28?,31-,32-,33+,34+,35-,36+,37+,38-/m1/s1. The van der Waals surface area contributed by atoms with Gasteiger partial charge in [-0.15, -0.1) is 0 Å². The molecule has 12 atom stereocenters. The minimum Gasteiger partial charge on any atom is -0.507 e. The minimum atomic E-state index is -2.26. The molecule has 2 heterocycles. The second kappa shape index (κ2) is 10.6. The van der Waals surface area contributed by atoms with E-state index < -0.39 is 140 Å². The predicted octanol–water partition coefficient (Wildman–Crippen LogP) is 0.823. The summed E-state index contributed by atoms with van der Waals surface area (Å²) in [7, 11) is 0. The van der Waals surface area contributed by atoms with Crippen LogP contribution in [-0.4, -0.2) is 112 Å². The van der Waals surface area contributed by atoms with Gasteiger partial charge in [-0.05, 0) is 39.8 Å². The van der Waals surface area contributed by atoms with Crippen LogP contribution >= 0.6 is 0 Å². The number of epoxide rings is 2. The Bertz CT molecular complexity index is 2020. The number of phenolic OH excluding ortho intramolecular Hbond substituents is 2. The van der Waals surface area contributed by atoms with E-state index in [-0.39, 0.29) is 22.3 Å². The third-order valence-corrected chi connectivity index (χ3v) is 12.6. The summed E-state index contributed by atoms with van der Waals surface area (Å²) < 4.78 is 22.5. The van der Waals surface area contributed by atoms with Crippen LogP contribution in [0, 0.1) is 11.8 Å². The second-order valence-corrected chi connectivity index (χ2v) is 16.0. The maximum atomic E-state index is 14.3. The number of ketones is 4.